The van der Waals surface area contributed by atoms with E-state index in [-0.39, 0.29) is 30.8 Å². The molecule has 0 aromatic heterocycles. The quantitative estimate of drug-likeness (QED) is 0.0393. The molecule has 1 radical (unpaired) electrons. The SMILES string of the molecule is [CH2]CCC(CCCOC(=O)CCC(OCCCC/C=C\CC)OCCCC/C=C\CC)OC(=O)CCCN1CCCC1. The van der Waals surface area contributed by atoms with Crippen molar-refractivity contribution in [3.05, 3.63) is 31.2 Å². The van der Waals surface area contributed by atoms with Crippen LogP contribution < -0.4 is 0 Å². The van der Waals surface area contributed by atoms with Crippen LogP contribution in [0.1, 0.15) is 129 Å². The van der Waals surface area contributed by atoms with Crippen LogP contribution in [0, 0.1) is 6.92 Å². The van der Waals surface area contributed by atoms with Gasteiger partial charge in [0.1, 0.15) is 6.10 Å². The Morgan fingerprint density at radius 2 is 1.38 bits per heavy atom. The Morgan fingerprint density at radius 3 is 1.98 bits per heavy atom. The summed E-state index contributed by atoms with van der Waals surface area (Å²) in [7, 11) is 0. The highest BCUT2D eigenvalue weighted by Crippen LogP contribution is 2.14. The normalized spacial score (nSPS) is 14.9. The van der Waals surface area contributed by atoms with Gasteiger partial charge in [-0.15, -0.1) is 0 Å². The maximum Gasteiger partial charge on any atom is 0.306 e. The van der Waals surface area contributed by atoms with Gasteiger partial charge in [0.15, 0.2) is 6.29 Å². The Bertz CT molecular complexity index is 680. The molecule has 1 aliphatic rings. The molecule has 42 heavy (non-hydrogen) atoms. The van der Waals surface area contributed by atoms with Crippen molar-refractivity contribution in [2.45, 2.75) is 142 Å². The third-order valence-corrected chi connectivity index (χ3v) is 7.34. The minimum Gasteiger partial charge on any atom is -0.466 e. The van der Waals surface area contributed by atoms with Crippen molar-refractivity contribution < 1.29 is 28.5 Å². The molecule has 0 amide bonds. The van der Waals surface area contributed by atoms with Crippen LogP contribution in [0.15, 0.2) is 24.3 Å². The minimum atomic E-state index is -0.388. The number of unbranched alkanes of at least 4 members (excludes halogenated alkanes) is 4. The Hall–Kier alpha value is -1.70. The third-order valence-electron chi connectivity index (χ3n) is 7.34. The van der Waals surface area contributed by atoms with Crippen LogP contribution in [0.25, 0.3) is 0 Å². The molecule has 0 spiro atoms. The molecule has 7 heteroatoms. The average molecular weight is 593 g/mol. The largest absolute Gasteiger partial charge is 0.466 e. The van der Waals surface area contributed by atoms with E-state index in [4.69, 9.17) is 18.9 Å². The number of hydrogen-bond acceptors (Lipinski definition) is 7. The molecule has 1 aliphatic heterocycles. The molecule has 1 unspecified atom stereocenters. The second-order valence-electron chi connectivity index (χ2n) is 11.2. The smallest absolute Gasteiger partial charge is 0.306 e. The molecule has 1 atom stereocenters. The monoisotopic (exact) mass is 592 g/mol. The molecule has 1 saturated heterocycles. The van der Waals surface area contributed by atoms with E-state index < -0.39 is 0 Å². The summed E-state index contributed by atoms with van der Waals surface area (Å²) in [5.74, 6) is -0.375. The van der Waals surface area contributed by atoms with E-state index in [2.05, 4.69) is 50.0 Å². The molecular weight excluding hydrogens is 530 g/mol. The number of nitrogens with zero attached hydrogens (tertiary/aromatic N) is 1. The Kier molecular flexibility index (Phi) is 25.6. The second kappa shape index (κ2) is 28.1. The van der Waals surface area contributed by atoms with Gasteiger partial charge < -0.3 is 23.8 Å². The number of hydrogen-bond donors (Lipinski definition) is 0. The maximum atomic E-state index is 12.4. The first kappa shape index (κ1) is 38.3. The predicted molar refractivity (Wildman–Crippen MR) is 171 cm³/mol. The number of carbonyl (C=O) groups is 2. The molecule has 243 valence electrons. The van der Waals surface area contributed by atoms with Crippen molar-refractivity contribution in [1.82, 2.24) is 4.90 Å². The van der Waals surface area contributed by atoms with Crippen LogP contribution in [0.2, 0.25) is 0 Å². The van der Waals surface area contributed by atoms with Gasteiger partial charge in [-0.25, -0.2) is 0 Å². The van der Waals surface area contributed by atoms with Crippen LogP contribution in [0.5, 0.6) is 0 Å². The summed E-state index contributed by atoms with van der Waals surface area (Å²) in [5, 5.41) is 0. The van der Waals surface area contributed by atoms with Crippen molar-refractivity contribution in [2.24, 2.45) is 0 Å². The second-order valence-corrected chi connectivity index (χ2v) is 11.2. The molecule has 1 fully saturated rings. The zero-order chi connectivity index (χ0) is 30.5. The molecule has 1 rings (SSSR count). The van der Waals surface area contributed by atoms with Gasteiger partial charge >= 0.3 is 11.9 Å². The van der Waals surface area contributed by atoms with Gasteiger partial charge in [-0.1, -0.05) is 45.1 Å². The van der Waals surface area contributed by atoms with Crippen molar-refractivity contribution in [3.8, 4) is 0 Å². The van der Waals surface area contributed by atoms with Crippen LogP contribution in [0.4, 0.5) is 0 Å². The van der Waals surface area contributed by atoms with E-state index in [1.165, 1.54) is 12.8 Å². The third kappa shape index (κ3) is 22.8. The Balaban J connectivity index is 2.28. The van der Waals surface area contributed by atoms with E-state index in [0.717, 1.165) is 83.8 Å². The topological polar surface area (TPSA) is 74.3 Å². The number of carbonyl (C=O) groups excluding carboxylic acids is 2. The van der Waals surface area contributed by atoms with E-state index in [1.807, 2.05) is 0 Å². The average Bonchev–Trinajstić information content (AvgIpc) is 3.50. The van der Waals surface area contributed by atoms with E-state index in [9.17, 15) is 9.59 Å². The van der Waals surface area contributed by atoms with Crippen LogP contribution >= 0.6 is 0 Å². The summed E-state index contributed by atoms with van der Waals surface area (Å²) in [5.41, 5.74) is 0. The fourth-order valence-corrected chi connectivity index (χ4v) is 4.93. The minimum absolute atomic E-state index is 0.134. The van der Waals surface area contributed by atoms with Crippen molar-refractivity contribution in [1.29, 1.82) is 0 Å². The summed E-state index contributed by atoms with van der Waals surface area (Å²) < 4.78 is 23.2. The zero-order valence-corrected chi connectivity index (χ0v) is 27.0. The summed E-state index contributed by atoms with van der Waals surface area (Å²) in [6, 6.07) is 0. The van der Waals surface area contributed by atoms with Gasteiger partial charge in [-0.2, -0.15) is 0 Å². The number of allylic oxidation sites excluding steroid dienone is 4. The summed E-state index contributed by atoms with van der Waals surface area (Å²) >= 11 is 0. The van der Waals surface area contributed by atoms with E-state index >= 15 is 0 Å². The van der Waals surface area contributed by atoms with Crippen molar-refractivity contribution in [2.75, 3.05) is 39.5 Å². The zero-order valence-electron chi connectivity index (χ0n) is 27.0. The first-order chi connectivity index (χ1) is 20.6. The summed E-state index contributed by atoms with van der Waals surface area (Å²) in [6.07, 6.45) is 24.0. The lowest BCUT2D eigenvalue weighted by Gasteiger charge is -2.19. The first-order valence-electron chi connectivity index (χ1n) is 17.0. The van der Waals surface area contributed by atoms with Gasteiger partial charge in [-0.3, -0.25) is 9.59 Å². The van der Waals surface area contributed by atoms with E-state index in [0.29, 0.717) is 51.9 Å². The van der Waals surface area contributed by atoms with Gasteiger partial charge in [-0.05, 0) is 116 Å². The standard InChI is InChI=1S/C35H62NO6/c1-4-7-9-11-13-17-29-40-35(41-30-18-14-12-10-8-5-2)25-24-33(37)39-31-20-22-32(21-6-3)42-34(38)23-19-28-36-26-15-16-27-36/h7-10,32,35H,3-6,11-31H2,1-2H3/b9-7-,10-8-. The van der Waals surface area contributed by atoms with Gasteiger partial charge in [0.2, 0.25) is 0 Å². The molecule has 0 aliphatic carbocycles. The molecule has 0 bridgehead atoms. The van der Waals surface area contributed by atoms with Gasteiger partial charge in [0.25, 0.3) is 0 Å². The van der Waals surface area contributed by atoms with Crippen LogP contribution in [-0.4, -0.2) is 68.7 Å². The van der Waals surface area contributed by atoms with Crippen LogP contribution in [-0.2, 0) is 28.5 Å². The number of rotatable bonds is 28. The number of ether oxygens (including phenoxy) is 4. The Labute approximate surface area is 257 Å². The predicted octanol–water partition coefficient (Wildman–Crippen LogP) is 8.12. The lowest BCUT2D eigenvalue weighted by Crippen LogP contribution is -2.23. The highest BCUT2D eigenvalue weighted by atomic mass is 16.7. The molecule has 0 aromatic carbocycles. The molecule has 0 saturated carbocycles. The molecular formula is C35H62NO6. The summed E-state index contributed by atoms with van der Waals surface area (Å²) in [4.78, 5) is 27.2. The van der Waals surface area contributed by atoms with Crippen LogP contribution in [0.3, 0.4) is 0 Å². The number of esters is 2. The molecule has 0 aromatic rings. The van der Waals surface area contributed by atoms with Gasteiger partial charge in [0.05, 0.1) is 13.0 Å². The van der Waals surface area contributed by atoms with Gasteiger partial charge in [0, 0.05) is 26.1 Å². The first-order valence-corrected chi connectivity index (χ1v) is 17.0. The van der Waals surface area contributed by atoms with Crippen molar-refractivity contribution >= 4 is 11.9 Å². The van der Waals surface area contributed by atoms with E-state index in [1.54, 1.807) is 0 Å². The molecule has 7 nitrogen and oxygen atoms in total. The fraction of sp³-hybridized carbons (Fsp3) is 0.800. The highest BCUT2D eigenvalue weighted by Gasteiger charge is 2.17. The maximum absolute atomic E-state index is 12.4. The highest BCUT2D eigenvalue weighted by molar-refractivity contribution is 5.69. The fourth-order valence-electron chi connectivity index (χ4n) is 4.93. The molecule has 0 N–H and O–H groups in total. The van der Waals surface area contributed by atoms with Crippen molar-refractivity contribution in [3.63, 3.8) is 0 Å². The Morgan fingerprint density at radius 1 is 0.738 bits per heavy atom. The summed E-state index contributed by atoms with van der Waals surface area (Å²) in [6.45, 7) is 13.0. The lowest BCUT2D eigenvalue weighted by atomic mass is 10.1. The molecule has 1 heterocycles. The number of likely N-dealkylation sites (tertiary alicyclic amines) is 1. The lowest BCUT2D eigenvalue weighted by molar-refractivity contribution is -0.159.